The first-order chi connectivity index (χ1) is 13.1. The molecular formula is C21H27N3O3. The molecule has 4 N–H and O–H groups in total. The molecule has 0 spiro atoms. The maximum absolute atomic E-state index is 12.5. The van der Waals surface area contributed by atoms with Gasteiger partial charge in [0.2, 0.25) is 0 Å². The monoisotopic (exact) mass is 369 g/mol. The summed E-state index contributed by atoms with van der Waals surface area (Å²) in [6.07, 6.45) is 2.08. The lowest BCUT2D eigenvalue weighted by Gasteiger charge is -2.31. The Hall–Kier alpha value is -2.57. The molecule has 0 aromatic heterocycles. The lowest BCUT2D eigenvalue weighted by Crippen LogP contribution is -2.34. The number of benzene rings is 2. The van der Waals surface area contributed by atoms with Crippen LogP contribution in [0.3, 0.4) is 0 Å². The summed E-state index contributed by atoms with van der Waals surface area (Å²) in [5.74, 6) is 0.876. The van der Waals surface area contributed by atoms with Crippen molar-refractivity contribution in [2.45, 2.75) is 19.4 Å². The summed E-state index contributed by atoms with van der Waals surface area (Å²) in [6.45, 7) is 3.16. The number of nitrogens with two attached hydrogens (primary N) is 1. The van der Waals surface area contributed by atoms with Gasteiger partial charge in [0.15, 0.2) is 0 Å². The van der Waals surface area contributed by atoms with Crippen molar-refractivity contribution in [2.75, 3.05) is 37.9 Å². The Morgan fingerprint density at radius 2 is 1.93 bits per heavy atom. The number of hydrogen-bond donors (Lipinski definition) is 3. The van der Waals surface area contributed by atoms with Gasteiger partial charge in [-0.2, -0.15) is 0 Å². The Balaban J connectivity index is 1.59. The molecule has 27 heavy (non-hydrogen) atoms. The average molecular weight is 369 g/mol. The van der Waals surface area contributed by atoms with Crippen molar-refractivity contribution in [3.8, 4) is 5.75 Å². The number of ether oxygens (including phenoxy) is 1. The smallest absolute Gasteiger partial charge is 0.255 e. The molecule has 1 aliphatic heterocycles. The van der Waals surface area contributed by atoms with Crippen LogP contribution in [0.1, 0.15) is 28.8 Å². The average Bonchev–Trinajstić information content (AvgIpc) is 2.70. The lowest BCUT2D eigenvalue weighted by molar-refractivity contribution is 0.102. The van der Waals surface area contributed by atoms with Crippen molar-refractivity contribution in [2.24, 2.45) is 5.92 Å². The summed E-state index contributed by atoms with van der Waals surface area (Å²) in [5.41, 5.74) is 8.72. The molecule has 144 valence electrons. The van der Waals surface area contributed by atoms with Crippen molar-refractivity contribution in [3.63, 3.8) is 0 Å². The van der Waals surface area contributed by atoms with E-state index in [1.165, 1.54) is 5.56 Å². The second-order valence-electron chi connectivity index (χ2n) is 7.01. The van der Waals surface area contributed by atoms with Gasteiger partial charge in [-0.25, -0.2) is 0 Å². The predicted molar refractivity (Wildman–Crippen MR) is 107 cm³/mol. The Morgan fingerprint density at radius 1 is 1.22 bits per heavy atom. The number of nitrogen functional groups attached to an aromatic ring is 1. The topological polar surface area (TPSA) is 87.8 Å². The molecule has 0 aliphatic carbocycles. The van der Waals surface area contributed by atoms with Gasteiger partial charge in [-0.15, -0.1) is 0 Å². The van der Waals surface area contributed by atoms with E-state index >= 15 is 0 Å². The van der Waals surface area contributed by atoms with E-state index in [0.29, 0.717) is 28.6 Å². The van der Waals surface area contributed by atoms with Crippen LogP contribution in [-0.4, -0.2) is 42.7 Å². The Kier molecular flexibility index (Phi) is 6.32. The Labute approximate surface area is 159 Å². The van der Waals surface area contributed by atoms with Gasteiger partial charge in [-0.3, -0.25) is 9.69 Å². The summed E-state index contributed by atoms with van der Waals surface area (Å²) >= 11 is 0. The molecule has 3 rings (SSSR count). The van der Waals surface area contributed by atoms with Crippen molar-refractivity contribution >= 4 is 17.3 Å². The van der Waals surface area contributed by atoms with E-state index in [4.69, 9.17) is 10.5 Å². The van der Waals surface area contributed by atoms with Crippen LogP contribution in [0.4, 0.5) is 11.4 Å². The highest BCUT2D eigenvalue weighted by atomic mass is 16.5. The summed E-state index contributed by atoms with van der Waals surface area (Å²) in [6, 6.07) is 12.8. The zero-order valence-corrected chi connectivity index (χ0v) is 15.6. The number of rotatable bonds is 6. The SMILES string of the molecule is COc1ccc(N)c(NC(=O)c2ccc(CN3CCC(CO)CC3)cc2)c1. The minimum absolute atomic E-state index is 0.203. The number of carbonyl (C=O) groups is 1. The minimum Gasteiger partial charge on any atom is -0.497 e. The first kappa shape index (κ1) is 19.2. The minimum atomic E-state index is -0.203. The molecule has 1 heterocycles. The molecule has 1 amide bonds. The van der Waals surface area contributed by atoms with E-state index in [9.17, 15) is 9.90 Å². The van der Waals surface area contributed by atoms with Gasteiger partial charge in [0.05, 0.1) is 18.5 Å². The van der Waals surface area contributed by atoms with Crippen LogP contribution in [-0.2, 0) is 6.54 Å². The molecule has 6 heteroatoms. The van der Waals surface area contributed by atoms with E-state index in [-0.39, 0.29) is 12.5 Å². The predicted octanol–water partition coefficient (Wildman–Crippen LogP) is 2.73. The fourth-order valence-corrected chi connectivity index (χ4v) is 3.31. The zero-order valence-electron chi connectivity index (χ0n) is 15.6. The molecule has 0 saturated carbocycles. The third-order valence-corrected chi connectivity index (χ3v) is 5.10. The number of nitrogens with one attached hydrogen (secondary N) is 1. The van der Waals surface area contributed by atoms with Crippen molar-refractivity contribution in [1.82, 2.24) is 4.90 Å². The largest absolute Gasteiger partial charge is 0.497 e. The molecule has 0 unspecified atom stereocenters. The highest BCUT2D eigenvalue weighted by Gasteiger charge is 2.18. The standard InChI is InChI=1S/C21H27N3O3/c1-27-18-6-7-19(22)20(12-18)23-21(26)17-4-2-15(3-5-17)13-24-10-8-16(14-25)9-11-24/h2-7,12,16,25H,8-11,13-14,22H2,1H3,(H,23,26). The van der Waals surface area contributed by atoms with Crippen LogP contribution in [0.2, 0.25) is 0 Å². The molecule has 6 nitrogen and oxygen atoms in total. The summed E-state index contributed by atoms with van der Waals surface area (Å²) < 4.78 is 5.17. The van der Waals surface area contributed by atoms with Crippen molar-refractivity contribution in [3.05, 3.63) is 53.6 Å². The van der Waals surface area contributed by atoms with Crippen LogP contribution < -0.4 is 15.8 Å². The van der Waals surface area contributed by atoms with Crippen molar-refractivity contribution < 1.29 is 14.6 Å². The highest BCUT2D eigenvalue weighted by Crippen LogP contribution is 2.25. The molecule has 1 fully saturated rings. The van der Waals surface area contributed by atoms with Crippen LogP contribution >= 0.6 is 0 Å². The molecule has 2 aromatic rings. The fraction of sp³-hybridized carbons (Fsp3) is 0.381. The summed E-state index contributed by atoms with van der Waals surface area (Å²) in [5, 5.41) is 12.1. The van der Waals surface area contributed by atoms with E-state index in [1.807, 2.05) is 24.3 Å². The van der Waals surface area contributed by atoms with Gasteiger partial charge in [-0.05, 0) is 61.7 Å². The molecule has 2 aromatic carbocycles. The van der Waals surface area contributed by atoms with Gasteiger partial charge in [0, 0.05) is 24.8 Å². The van der Waals surface area contributed by atoms with Crippen LogP contribution in [0.5, 0.6) is 5.75 Å². The van der Waals surface area contributed by atoms with Crippen LogP contribution in [0.15, 0.2) is 42.5 Å². The van der Waals surface area contributed by atoms with Gasteiger partial charge in [0.1, 0.15) is 5.75 Å². The molecule has 0 atom stereocenters. The zero-order chi connectivity index (χ0) is 19.2. The number of hydrogen-bond acceptors (Lipinski definition) is 5. The van der Waals surface area contributed by atoms with Crippen LogP contribution in [0.25, 0.3) is 0 Å². The van der Waals surface area contributed by atoms with E-state index in [2.05, 4.69) is 10.2 Å². The first-order valence-corrected chi connectivity index (χ1v) is 9.26. The number of piperidine rings is 1. The van der Waals surface area contributed by atoms with Gasteiger partial charge in [-0.1, -0.05) is 12.1 Å². The van der Waals surface area contributed by atoms with Gasteiger partial charge in [0.25, 0.3) is 5.91 Å². The normalized spacial score (nSPS) is 15.5. The number of anilines is 2. The second-order valence-corrected chi connectivity index (χ2v) is 7.01. The van der Waals surface area contributed by atoms with Crippen LogP contribution in [0, 0.1) is 5.92 Å². The summed E-state index contributed by atoms with van der Waals surface area (Å²) in [4.78, 5) is 14.9. The first-order valence-electron chi connectivity index (χ1n) is 9.26. The number of methoxy groups -OCH3 is 1. The molecule has 1 aliphatic rings. The number of amides is 1. The number of nitrogens with zero attached hydrogens (tertiary/aromatic N) is 1. The number of likely N-dealkylation sites (tertiary alicyclic amines) is 1. The number of aliphatic hydroxyl groups excluding tert-OH is 1. The molecule has 0 radical (unpaired) electrons. The van der Waals surface area contributed by atoms with Crippen molar-refractivity contribution in [1.29, 1.82) is 0 Å². The third kappa shape index (κ3) is 4.99. The molecule has 0 bridgehead atoms. The van der Waals surface area contributed by atoms with E-state index in [1.54, 1.807) is 25.3 Å². The number of aliphatic hydroxyl groups is 1. The Bertz CT molecular complexity index is 769. The molecule has 1 saturated heterocycles. The second kappa shape index (κ2) is 8.88. The van der Waals surface area contributed by atoms with E-state index < -0.39 is 0 Å². The number of carbonyl (C=O) groups excluding carboxylic acids is 1. The quantitative estimate of drug-likeness (QED) is 0.682. The summed E-state index contributed by atoms with van der Waals surface area (Å²) in [7, 11) is 1.57. The maximum atomic E-state index is 12.5. The molecular weight excluding hydrogens is 342 g/mol. The highest BCUT2D eigenvalue weighted by molar-refractivity contribution is 6.05. The third-order valence-electron chi connectivity index (χ3n) is 5.10. The van der Waals surface area contributed by atoms with Gasteiger partial charge < -0.3 is 20.9 Å². The maximum Gasteiger partial charge on any atom is 0.255 e. The lowest BCUT2D eigenvalue weighted by atomic mass is 9.97. The van der Waals surface area contributed by atoms with Gasteiger partial charge >= 0.3 is 0 Å². The Morgan fingerprint density at radius 3 is 2.56 bits per heavy atom. The fourth-order valence-electron chi connectivity index (χ4n) is 3.31. The van der Waals surface area contributed by atoms with E-state index in [0.717, 1.165) is 32.5 Å².